The fourth-order valence-corrected chi connectivity index (χ4v) is 3.47. The highest BCUT2D eigenvalue weighted by molar-refractivity contribution is 5.25. The van der Waals surface area contributed by atoms with Crippen LogP contribution in [0.25, 0.3) is 0 Å². The van der Waals surface area contributed by atoms with Crippen LogP contribution in [0.3, 0.4) is 0 Å². The standard InChI is InChI=1S/C16H27N3/c1-11-5-4-6-15(9-11)19-13(3)16(12(2)18-19)10-17-14-7-8-14/h11,14-15,17H,4-10H2,1-3H3. The molecule has 2 atom stereocenters. The van der Waals surface area contributed by atoms with Gasteiger partial charge in [0, 0.05) is 23.8 Å². The third-order valence-electron chi connectivity index (χ3n) is 4.87. The molecule has 3 rings (SSSR count). The van der Waals surface area contributed by atoms with E-state index in [1.165, 1.54) is 55.5 Å². The molecule has 19 heavy (non-hydrogen) atoms. The Balaban J connectivity index is 1.75. The summed E-state index contributed by atoms with van der Waals surface area (Å²) in [4.78, 5) is 0. The van der Waals surface area contributed by atoms with Gasteiger partial charge in [-0.3, -0.25) is 4.68 Å². The highest BCUT2D eigenvalue weighted by Gasteiger charge is 2.25. The van der Waals surface area contributed by atoms with Crippen molar-refractivity contribution in [1.29, 1.82) is 0 Å². The number of nitrogens with zero attached hydrogens (tertiary/aromatic N) is 2. The van der Waals surface area contributed by atoms with Crippen LogP contribution in [0.5, 0.6) is 0 Å². The molecule has 0 aliphatic heterocycles. The first kappa shape index (κ1) is 13.2. The van der Waals surface area contributed by atoms with E-state index in [-0.39, 0.29) is 0 Å². The van der Waals surface area contributed by atoms with Gasteiger partial charge in [-0.05, 0) is 45.4 Å². The van der Waals surface area contributed by atoms with Crippen molar-refractivity contribution in [3.05, 3.63) is 17.0 Å². The van der Waals surface area contributed by atoms with Gasteiger partial charge in [-0.2, -0.15) is 5.10 Å². The summed E-state index contributed by atoms with van der Waals surface area (Å²) in [5.41, 5.74) is 4.05. The van der Waals surface area contributed by atoms with Crippen molar-refractivity contribution in [3.8, 4) is 0 Å². The highest BCUT2D eigenvalue weighted by Crippen LogP contribution is 2.33. The van der Waals surface area contributed by atoms with Crippen molar-refractivity contribution < 1.29 is 0 Å². The summed E-state index contributed by atoms with van der Waals surface area (Å²) >= 11 is 0. The predicted octanol–water partition coefficient (Wildman–Crippen LogP) is 3.50. The minimum Gasteiger partial charge on any atom is -0.310 e. The zero-order chi connectivity index (χ0) is 13.4. The second-order valence-electron chi connectivity index (χ2n) is 6.67. The van der Waals surface area contributed by atoms with E-state index in [1.807, 2.05) is 0 Å². The molecule has 0 bridgehead atoms. The van der Waals surface area contributed by atoms with Gasteiger partial charge in [0.15, 0.2) is 0 Å². The normalized spacial score (nSPS) is 27.7. The Morgan fingerprint density at radius 3 is 2.68 bits per heavy atom. The van der Waals surface area contributed by atoms with E-state index in [4.69, 9.17) is 5.10 Å². The van der Waals surface area contributed by atoms with Crippen LogP contribution in [-0.2, 0) is 6.54 Å². The van der Waals surface area contributed by atoms with E-state index < -0.39 is 0 Å². The van der Waals surface area contributed by atoms with E-state index >= 15 is 0 Å². The van der Waals surface area contributed by atoms with Crippen LogP contribution in [0.4, 0.5) is 0 Å². The van der Waals surface area contributed by atoms with Crippen molar-refractivity contribution in [3.63, 3.8) is 0 Å². The minimum absolute atomic E-state index is 0.636. The van der Waals surface area contributed by atoms with Crippen LogP contribution in [0.15, 0.2) is 0 Å². The maximum Gasteiger partial charge on any atom is 0.0641 e. The molecule has 2 unspecified atom stereocenters. The molecule has 0 amide bonds. The molecule has 3 nitrogen and oxygen atoms in total. The molecule has 2 aliphatic rings. The maximum atomic E-state index is 4.84. The van der Waals surface area contributed by atoms with Gasteiger partial charge < -0.3 is 5.32 Å². The minimum atomic E-state index is 0.636. The molecule has 2 aliphatic carbocycles. The van der Waals surface area contributed by atoms with Crippen molar-refractivity contribution in [2.45, 2.75) is 77.9 Å². The van der Waals surface area contributed by atoms with Crippen LogP contribution in [-0.4, -0.2) is 15.8 Å². The molecule has 1 N–H and O–H groups in total. The topological polar surface area (TPSA) is 29.9 Å². The first-order valence-corrected chi connectivity index (χ1v) is 7.93. The summed E-state index contributed by atoms with van der Waals surface area (Å²) in [5, 5.41) is 8.47. The van der Waals surface area contributed by atoms with Gasteiger partial charge in [0.05, 0.1) is 11.7 Å². The number of nitrogens with one attached hydrogen (secondary N) is 1. The zero-order valence-electron chi connectivity index (χ0n) is 12.6. The fourth-order valence-electron chi connectivity index (χ4n) is 3.47. The second-order valence-corrected chi connectivity index (χ2v) is 6.67. The SMILES string of the molecule is Cc1nn(C2CCCC(C)C2)c(C)c1CNC1CC1. The lowest BCUT2D eigenvalue weighted by atomic mass is 9.87. The molecule has 0 radical (unpaired) electrons. The third-order valence-corrected chi connectivity index (χ3v) is 4.87. The number of aryl methyl sites for hydroxylation is 1. The lowest BCUT2D eigenvalue weighted by Crippen LogP contribution is -2.20. The summed E-state index contributed by atoms with van der Waals surface area (Å²) < 4.78 is 2.33. The smallest absolute Gasteiger partial charge is 0.0641 e. The predicted molar refractivity (Wildman–Crippen MR) is 78.2 cm³/mol. The van der Waals surface area contributed by atoms with Crippen molar-refractivity contribution >= 4 is 0 Å². The zero-order valence-corrected chi connectivity index (χ0v) is 12.6. The molecule has 0 saturated heterocycles. The lowest BCUT2D eigenvalue weighted by Gasteiger charge is -2.28. The van der Waals surface area contributed by atoms with Crippen LogP contribution >= 0.6 is 0 Å². The molecular weight excluding hydrogens is 234 g/mol. The Morgan fingerprint density at radius 2 is 2.00 bits per heavy atom. The fraction of sp³-hybridized carbons (Fsp3) is 0.812. The van der Waals surface area contributed by atoms with Gasteiger partial charge in [-0.25, -0.2) is 0 Å². The van der Waals surface area contributed by atoms with Crippen LogP contribution < -0.4 is 5.32 Å². The van der Waals surface area contributed by atoms with Crippen LogP contribution in [0.2, 0.25) is 0 Å². The molecule has 1 heterocycles. The first-order chi connectivity index (χ1) is 9.15. The second kappa shape index (κ2) is 5.28. The number of rotatable bonds is 4. The van der Waals surface area contributed by atoms with Crippen molar-refractivity contribution in [1.82, 2.24) is 15.1 Å². The van der Waals surface area contributed by atoms with Gasteiger partial charge in [-0.1, -0.05) is 19.8 Å². The van der Waals surface area contributed by atoms with E-state index in [2.05, 4.69) is 30.8 Å². The molecular formula is C16H27N3. The Labute approximate surface area is 116 Å². The molecule has 106 valence electrons. The molecule has 0 aromatic carbocycles. The quantitative estimate of drug-likeness (QED) is 0.899. The Bertz CT molecular complexity index is 445. The Kier molecular flexibility index (Phi) is 3.66. The Hall–Kier alpha value is -0.830. The van der Waals surface area contributed by atoms with E-state index in [1.54, 1.807) is 0 Å². The van der Waals surface area contributed by atoms with Gasteiger partial charge in [0.2, 0.25) is 0 Å². The first-order valence-electron chi connectivity index (χ1n) is 7.93. The van der Waals surface area contributed by atoms with Gasteiger partial charge in [0.25, 0.3) is 0 Å². The van der Waals surface area contributed by atoms with E-state index in [9.17, 15) is 0 Å². The largest absolute Gasteiger partial charge is 0.310 e. The van der Waals surface area contributed by atoms with E-state index in [0.717, 1.165) is 18.5 Å². The number of hydrogen-bond acceptors (Lipinski definition) is 2. The van der Waals surface area contributed by atoms with Gasteiger partial charge >= 0.3 is 0 Å². The van der Waals surface area contributed by atoms with Gasteiger partial charge in [-0.15, -0.1) is 0 Å². The lowest BCUT2D eigenvalue weighted by molar-refractivity contribution is 0.263. The van der Waals surface area contributed by atoms with Crippen LogP contribution in [0.1, 0.15) is 68.4 Å². The maximum absolute atomic E-state index is 4.84. The van der Waals surface area contributed by atoms with Gasteiger partial charge in [0.1, 0.15) is 0 Å². The molecule has 1 aromatic heterocycles. The molecule has 2 saturated carbocycles. The Morgan fingerprint density at radius 1 is 1.21 bits per heavy atom. The monoisotopic (exact) mass is 261 g/mol. The summed E-state index contributed by atoms with van der Waals surface area (Å²) in [7, 11) is 0. The average molecular weight is 261 g/mol. The van der Waals surface area contributed by atoms with Crippen molar-refractivity contribution in [2.24, 2.45) is 5.92 Å². The third kappa shape index (κ3) is 2.86. The molecule has 1 aromatic rings. The van der Waals surface area contributed by atoms with E-state index in [0.29, 0.717) is 6.04 Å². The summed E-state index contributed by atoms with van der Waals surface area (Å²) in [6.45, 7) is 7.81. The number of hydrogen-bond donors (Lipinski definition) is 1. The molecule has 0 spiro atoms. The van der Waals surface area contributed by atoms with Crippen LogP contribution in [0, 0.1) is 19.8 Å². The highest BCUT2D eigenvalue weighted by atomic mass is 15.3. The molecule has 3 heteroatoms. The summed E-state index contributed by atoms with van der Waals surface area (Å²) in [6, 6.07) is 1.41. The summed E-state index contributed by atoms with van der Waals surface area (Å²) in [6.07, 6.45) is 8.07. The number of aromatic nitrogens is 2. The molecule has 2 fully saturated rings. The average Bonchev–Trinajstić information content (AvgIpc) is 3.15. The summed E-state index contributed by atoms with van der Waals surface area (Å²) in [5.74, 6) is 0.857. The van der Waals surface area contributed by atoms with Crippen molar-refractivity contribution in [2.75, 3.05) is 0 Å².